The second-order valence-corrected chi connectivity index (χ2v) is 8.62. The van der Waals surface area contributed by atoms with E-state index in [1.807, 2.05) is 0 Å². The molecule has 2 fully saturated rings. The summed E-state index contributed by atoms with van der Waals surface area (Å²) < 4.78 is 48.5. The minimum Gasteiger partial charge on any atom is -0.384 e. The van der Waals surface area contributed by atoms with Crippen LogP contribution in [0.5, 0.6) is 0 Å². The number of pyridine rings is 1. The van der Waals surface area contributed by atoms with Gasteiger partial charge in [-0.05, 0) is 18.6 Å². The first-order valence-electron chi connectivity index (χ1n) is 10.4. The minimum atomic E-state index is -4.63. The van der Waals surface area contributed by atoms with E-state index in [-0.39, 0.29) is 48.8 Å². The zero-order chi connectivity index (χ0) is 23.5. The minimum absolute atomic E-state index is 0.107. The van der Waals surface area contributed by atoms with Crippen molar-refractivity contribution >= 4 is 23.4 Å². The van der Waals surface area contributed by atoms with Crippen LogP contribution in [0.1, 0.15) is 23.2 Å². The molecule has 2 aromatic heterocycles. The summed E-state index contributed by atoms with van der Waals surface area (Å²) in [5.74, 6) is -0.460. The number of hydrogen-bond acceptors (Lipinski definition) is 9. The van der Waals surface area contributed by atoms with Crippen LogP contribution in [-0.2, 0) is 11.3 Å². The summed E-state index contributed by atoms with van der Waals surface area (Å²) in [7, 11) is 0. The molecule has 0 spiro atoms. The first kappa shape index (κ1) is 21.6. The van der Waals surface area contributed by atoms with Gasteiger partial charge in [0.2, 0.25) is 5.95 Å². The van der Waals surface area contributed by atoms with Gasteiger partial charge < -0.3 is 26.0 Å². The van der Waals surface area contributed by atoms with Crippen LogP contribution in [-0.4, -0.2) is 64.0 Å². The van der Waals surface area contributed by atoms with Gasteiger partial charge in [-0.1, -0.05) is 0 Å². The number of Topliss-reactive ketones (excluding diaryl/α,β-unsaturated/α-hetero) is 1. The Hall–Kier alpha value is -3.19. The Morgan fingerprint density at radius 3 is 2.73 bits per heavy atom. The quantitative estimate of drug-likeness (QED) is 0.620. The SMILES string of the molecule is Nc1ccc(C(=O)CN2c3nc(N4C[C@@H]5C[C@]4(N)CO5)cc(=O)n3CC[C@H]2C(F)(F)F)cn1. The molecule has 2 aromatic rings. The summed E-state index contributed by atoms with van der Waals surface area (Å²) in [5, 5.41) is 0. The zero-order valence-corrected chi connectivity index (χ0v) is 17.5. The van der Waals surface area contributed by atoms with Crippen LogP contribution in [0.2, 0.25) is 0 Å². The molecule has 2 bridgehead atoms. The van der Waals surface area contributed by atoms with Gasteiger partial charge in [-0.25, -0.2) is 4.98 Å². The summed E-state index contributed by atoms with van der Waals surface area (Å²) in [6.07, 6.45) is -3.40. The molecule has 5 rings (SSSR count). The normalized spacial score (nSPS) is 26.5. The van der Waals surface area contributed by atoms with Gasteiger partial charge in [0.05, 0.1) is 19.3 Å². The Morgan fingerprint density at radius 2 is 2.12 bits per heavy atom. The molecule has 3 atom stereocenters. The van der Waals surface area contributed by atoms with E-state index in [0.717, 1.165) is 9.47 Å². The van der Waals surface area contributed by atoms with Crippen molar-refractivity contribution in [3.63, 3.8) is 0 Å². The third-order valence-electron chi connectivity index (χ3n) is 6.38. The third-order valence-corrected chi connectivity index (χ3v) is 6.38. The molecule has 4 N–H and O–H groups in total. The summed E-state index contributed by atoms with van der Waals surface area (Å²) >= 11 is 0. The first-order valence-corrected chi connectivity index (χ1v) is 10.4. The summed E-state index contributed by atoms with van der Waals surface area (Å²) in [6.45, 7) is -0.190. The Morgan fingerprint density at radius 1 is 1.33 bits per heavy atom. The van der Waals surface area contributed by atoms with Crippen LogP contribution in [0.25, 0.3) is 0 Å². The summed E-state index contributed by atoms with van der Waals surface area (Å²) in [4.78, 5) is 36.5. The highest BCUT2D eigenvalue weighted by Crippen LogP contribution is 2.39. The number of nitrogen functional groups attached to an aromatic ring is 1. The van der Waals surface area contributed by atoms with Gasteiger partial charge in [0.1, 0.15) is 23.3 Å². The molecule has 33 heavy (non-hydrogen) atoms. The van der Waals surface area contributed by atoms with E-state index < -0.39 is 35.8 Å². The lowest BCUT2D eigenvalue weighted by molar-refractivity contribution is -0.152. The third kappa shape index (κ3) is 3.70. The predicted octanol–water partition coefficient (Wildman–Crippen LogP) is 0.508. The van der Waals surface area contributed by atoms with Crippen LogP contribution in [0.4, 0.5) is 30.8 Å². The molecule has 13 heteroatoms. The topological polar surface area (TPSA) is 133 Å². The van der Waals surface area contributed by atoms with Crippen molar-refractivity contribution in [2.75, 3.05) is 35.2 Å². The molecule has 10 nitrogen and oxygen atoms in total. The number of halogens is 3. The van der Waals surface area contributed by atoms with Crippen molar-refractivity contribution in [3.05, 3.63) is 40.3 Å². The Bertz CT molecular complexity index is 1150. The standard InChI is InChI=1S/C20H22F3N7O3/c21-20(22,23)14-3-4-28-17(32)5-16(30-8-12-6-19(30,25)10-33-12)27-18(28)29(14)9-13(31)11-1-2-15(24)26-7-11/h1-2,5,7,12,14H,3-4,6,8-10,25H2,(H2,24,26)/t12-,14-,19+/m0/s1. The first-order chi connectivity index (χ1) is 15.5. The molecule has 0 unspecified atom stereocenters. The van der Waals surface area contributed by atoms with Crippen LogP contribution in [0, 0.1) is 0 Å². The number of anilines is 3. The van der Waals surface area contributed by atoms with Crippen LogP contribution in [0.3, 0.4) is 0 Å². The Kier molecular flexibility index (Phi) is 4.86. The van der Waals surface area contributed by atoms with Gasteiger partial charge in [-0.2, -0.15) is 18.2 Å². The smallest absolute Gasteiger partial charge is 0.384 e. The van der Waals surface area contributed by atoms with Crippen molar-refractivity contribution in [1.82, 2.24) is 14.5 Å². The number of hydrogen-bond donors (Lipinski definition) is 2. The lowest BCUT2D eigenvalue weighted by Gasteiger charge is -2.40. The number of ether oxygens (including phenoxy) is 1. The fourth-order valence-electron chi connectivity index (χ4n) is 4.72. The Labute approximate surface area is 185 Å². The number of aromatic nitrogens is 3. The van der Waals surface area contributed by atoms with E-state index in [9.17, 15) is 22.8 Å². The molecule has 0 aromatic carbocycles. The van der Waals surface area contributed by atoms with E-state index in [0.29, 0.717) is 13.0 Å². The molecule has 0 aliphatic carbocycles. The van der Waals surface area contributed by atoms with Gasteiger partial charge in [0.25, 0.3) is 5.56 Å². The van der Waals surface area contributed by atoms with Gasteiger partial charge in [-0.15, -0.1) is 0 Å². The molecule has 176 valence electrons. The lowest BCUT2D eigenvalue weighted by Crippen LogP contribution is -2.57. The van der Waals surface area contributed by atoms with Crippen molar-refractivity contribution in [1.29, 1.82) is 0 Å². The Balaban J connectivity index is 1.55. The highest BCUT2D eigenvalue weighted by atomic mass is 19.4. The highest BCUT2D eigenvalue weighted by Gasteiger charge is 2.51. The van der Waals surface area contributed by atoms with E-state index in [4.69, 9.17) is 16.2 Å². The van der Waals surface area contributed by atoms with E-state index in [1.165, 1.54) is 24.4 Å². The molecular weight excluding hydrogens is 443 g/mol. The second kappa shape index (κ2) is 7.42. The predicted molar refractivity (Wildman–Crippen MR) is 112 cm³/mol. The van der Waals surface area contributed by atoms with Gasteiger partial charge >= 0.3 is 6.18 Å². The number of carbonyl (C=O) groups is 1. The molecule has 3 aliphatic heterocycles. The fraction of sp³-hybridized carbons (Fsp3) is 0.500. The molecule has 3 aliphatic rings. The number of nitrogens with zero attached hydrogens (tertiary/aromatic N) is 5. The molecular formula is C20H22F3N7O3. The molecule has 0 amide bonds. The highest BCUT2D eigenvalue weighted by molar-refractivity contribution is 5.99. The number of nitrogens with two attached hydrogens (primary N) is 2. The summed E-state index contributed by atoms with van der Waals surface area (Å²) in [5.41, 5.74) is 10.6. The number of carbonyl (C=O) groups excluding carboxylic acids is 1. The van der Waals surface area contributed by atoms with Crippen molar-refractivity contribution in [3.8, 4) is 0 Å². The number of ketones is 1. The molecule has 0 radical (unpaired) electrons. The van der Waals surface area contributed by atoms with Crippen LogP contribution in [0.15, 0.2) is 29.2 Å². The van der Waals surface area contributed by atoms with E-state index >= 15 is 0 Å². The monoisotopic (exact) mass is 465 g/mol. The van der Waals surface area contributed by atoms with Crippen molar-refractivity contribution in [2.45, 2.75) is 43.4 Å². The molecule has 2 saturated heterocycles. The molecule has 5 heterocycles. The summed E-state index contributed by atoms with van der Waals surface area (Å²) in [6, 6.07) is 2.09. The maximum Gasteiger partial charge on any atom is 0.408 e. The van der Waals surface area contributed by atoms with Gasteiger partial charge in [0.15, 0.2) is 5.78 Å². The maximum atomic E-state index is 13.9. The number of morpholine rings is 1. The maximum absolute atomic E-state index is 13.9. The lowest BCUT2D eigenvalue weighted by atomic mass is 10.1. The van der Waals surface area contributed by atoms with Gasteiger partial charge in [-0.3, -0.25) is 14.2 Å². The number of fused-ring (bicyclic) bond motifs is 3. The zero-order valence-electron chi connectivity index (χ0n) is 17.5. The average Bonchev–Trinajstić information content (AvgIpc) is 3.29. The number of rotatable bonds is 4. The second-order valence-electron chi connectivity index (χ2n) is 8.62. The van der Waals surface area contributed by atoms with Crippen molar-refractivity contribution in [2.24, 2.45) is 5.73 Å². The fourth-order valence-corrected chi connectivity index (χ4v) is 4.72. The van der Waals surface area contributed by atoms with Crippen LogP contribution < -0.4 is 26.8 Å². The average molecular weight is 465 g/mol. The number of alkyl halides is 3. The van der Waals surface area contributed by atoms with E-state index in [1.54, 1.807) is 4.90 Å². The molecule has 0 saturated carbocycles. The van der Waals surface area contributed by atoms with Crippen molar-refractivity contribution < 1.29 is 22.7 Å². The van der Waals surface area contributed by atoms with Crippen LogP contribution >= 0.6 is 0 Å². The van der Waals surface area contributed by atoms with Gasteiger partial charge in [0, 0.05) is 37.3 Å². The largest absolute Gasteiger partial charge is 0.408 e. The van der Waals surface area contributed by atoms with E-state index in [2.05, 4.69) is 9.97 Å².